The molecule has 2 aliphatic heterocycles. The lowest BCUT2D eigenvalue weighted by Crippen LogP contribution is -2.34. The summed E-state index contributed by atoms with van der Waals surface area (Å²) in [5.74, 6) is 0.649. The van der Waals surface area contributed by atoms with Crippen molar-refractivity contribution in [3.63, 3.8) is 0 Å². The first-order valence-corrected chi connectivity index (χ1v) is 13.1. The Labute approximate surface area is 209 Å². The van der Waals surface area contributed by atoms with Crippen LogP contribution in [0.3, 0.4) is 0 Å². The second-order valence-electron chi connectivity index (χ2n) is 9.69. The number of hydrogen-bond acceptors (Lipinski definition) is 4. The van der Waals surface area contributed by atoms with Crippen LogP contribution in [0.4, 0.5) is 0 Å². The molecule has 0 aliphatic carbocycles. The zero-order valence-electron chi connectivity index (χ0n) is 20.9. The monoisotopic (exact) mass is 478 g/mol. The van der Waals surface area contributed by atoms with Gasteiger partial charge in [0.25, 0.3) is 5.91 Å². The maximum atomic E-state index is 13.2. The Balaban J connectivity index is 1.47. The second-order valence-corrected chi connectivity index (χ2v) is 9.69. The molecule has 2 aliphatic rings. The van der Waals surface area contributed by atoms with E-state index in [1.54, 1.807) is 4.90 Å². The highest BCUT2D eigenvalue weighted by atomic mass is 16.5. The van der Waals surface area contributed by atoms with E-state index in [0.29, 0.717) is 37.4 Å². The van der Waals surface area contributed by atoms with Gasteiger partial charge >= 0.3 is 0 Å². The third kappa shape index (κ3) is 7.07. The van der Waals surface area contributed by atoms with Gasteiger partial charge < -0.3 is 19.3 Å². The van der Waals surface area contributed by atoms with Gasteiger partial charge in [0.05, 0.1) is 18.7 Å². The number of benzene rings is 2. The highest BCUT2D eigenvalue weighted by Crippen LogP contribution is 2.26. The van der Waals surface area contributed by atoms with E-state index < -0.39 is 0 Å². The van der Waals surface area contributed by atoms with Crippen LogP contribution in [0, 0.1) is 0 Å². The number of para-hydroxylation sites is 1. The first-order chi connectivity index (χ1) is 17.1. The molecule has 1 fully saturated rings. The van der Waals surface area contributed by atoms with Crippen molar-refractivity contribution in [2.24, 2.45) is 0 Å². The molecule has 2 heterocycles. The summed E-state index contributed by atoms with van der Waals surface area (Å²) in [6.45, 7) is 2.40. The van der Waals surface area contributed by atoms with Crippen LogP contribution in [0.5, 0.6) is 5.75 Å². The molecule has 6 nitrogen and oxygen atoms in total. The number of carbonyl (C=O) groups is 2. The second kappa shape index (κ2) is 12.7. The molecule has 2 atom stereocenters. The third-order valence-electron chi connectivity index (χ3n) is 7.00. The lowest BCUT2D eigenvalue weighted by Gasteiger charge is -2.24. The van der Waals surface area contributed by atoms with Crippen LogP contribution >= 0.6 is 0 Å². The minimum atomic E-state index is -0.303. The van der Waals surface area contributed by atoms with Crippen molar-refractivity contribution in [1.82, 2.24) is 9.80 Å². The van der Waals surface area contributed by atoms with E-state index in [1.165, 1.54) is 12.8 Å². The molecule has 0 bridgehead atoms. The Kier molecular flexibility index (Phi) is 9.18. The molecule has 1 saturated heterocycles. The van der Waals surface area contributed by atoms with Crippen molar-refractivity contribution in [3.05, 3.63) is 65.7 Å². The smallest absolute Gasteiger partial charge is 0.257 e. The molecular weight excluding hydrogens is 440 g/mol. The van der Waals surface area contributed by atoms with E-state index in [1.807, 2.05) is 54.4 Å². The molecule has 4 rings (SSSR count). The molecule has 6 heteroatoms. The Morgan fingerprint density at radius 1 is 0.886 bits per heavy atom. The maximum absolute atomic E-state index is 13.2. The van der Waals surface area contributed by atoms with Gasteiger partial charge in [-0.05, 0) is 37.0 Å². The number of ether oxygens (including phenoxy) is 2. The van der Waals surface area contributed by atoms with Crippen molar-refractivity contribution in [3.8, 4) is 5.75 Å². The molecule has 2 aromatic rings. The Morgan fingerprint density at radius 3 is 2.40 bits per heavy atom. The molecule has 2 amide bonds. The van der Waals surface area contributed by atoms with Crippen molar-refractivity contribution < 1.29 is 19.1 Å². The number of fused-ring (bicyclic) bond motifs is 2. The number of likely N-dealkylation sites (tertiary alicyclic amines) is 1. The highest BCUT2D eigenvalue weighted by Gasteiger charge is 2.38. The van der Waals surface area contributed by atoms with Crippen LogP contribution in [-0.2, 0) is 16.0 Å². The Hall–Kier alpha value is -2.86. The number of aryl methyl sites for hydroxylation is 1. The fourth-order valence-corrected chi connectivity index (χ4v) is 4.88. The van der Waals surface area contributed by atoms with Crippen LogP contribution in [0.2, 0.25) is 0 Å². The number of hydrogen-bond donors (Lipinski definition) is 0. The number of amides is 2. The van der Waals surface area contributed by atoms with Gasteiger partial charge in [-0.2, -0.15) is 0 Å². The van der Waals surface area contributed by atoms with E-state index >= 15 is 0 Å². The lowest BCUT2D eigenvalue weighted by atomic mass is 10.1. The van der Waals surface area contributed by atoms with Crippen LogP contribution in [-0.4, -0.2) is 67.1 Å². The molecule has 0 radical (unpaired) electrons. The molecule has 0 saturated carbocycles. The van der Waals surface area contributed by atoms with Gasteiger partial charge in [0, 0.05) is 26.6 Å². The van der Waals surface area contributed by atoms with Gasteiger partial charge in [-0.25, -0.2) is 0 Å². The average molecular weight is 479 g/mol. The average Bonchev–Trinajstić information content (AvgIpc) is 3.28. The van der Waals surface area contributed by atoms with Gasteiger partial charge in [0.15, 0.2) is 0 Å². The first-order valence-electron chi connectivity index (χ1n) is 13.1. The Bertz CT molecular complexity index is 964. The molecule has 0 N–H and O–H groups in total. The largest absolute Gasteiger partial charge is 0.485 e. The van der Waals surface area contributed by atoms with Crippen molar-refractivity contribution in [2.45, 2.75) is 63.6 Å². The fraction of sp³-hybridized carbons (Fsp3) is 0.517. The summed E-state index contributed by atoms with van der Waals surface area (Å²) in [7, 11) is 1.86. The summed E-state index contributed by atoms with van der Waals surface area (Å²) in [6, 6.07) is 17.5. The highest BCUT2D eigenvalue weighted by molar-refractivity contribution is 5.96. The third-order valence-corrected chi connectivity index (χ3v) is 7.00. The van der Waals surface area contributed by atoms with Crippen LogP contribution in [0.25, 0.3) is 0 Å². The van der Waals surface area contributed by atoms with Crippen LogP contribution < -0.4 is 4.74 Å². The van der Waals surface area contributed by atoms with Gasteiger partial charge in [-0.3, -0.25) is 9.59 Å². The number of rotatable bonds is 3. The molecule has 0 aromatic heterocycles. The quantitative estimate of drug-likeness (QED) is 0.641. The normalized spacial score (nSPS) is 22.3. The van der Waals surface area contributed by atoms with Gasteiger partial charge in [-0.15, -0.1) is 0 Å². The molecular formula is C29H38N2O4. The zero-order chi connectivity index (χ0) is 24.5. The van der Waals surface area contributed by atoms with Gasteiger partial charge in [0.2, 0.25) is 5.91 Å². The van der Waals surface area contributed by atoms with Crippen LogP contribution in [0.1, 0.15) is 60.9 Å². The Morgan fingerprint density at radius 2 is 1.57 bits per heavy atom. The standard InChI is InChI=1S/C29H38N2O4/c1-30-19-11-4-2-3-5-12-20-34-26-21-31(28(32)18-17-23-13-7-6-8-14-23)22-27(26)35-25-16-10-9-15-24(25)29(30)33/h6-10,13-16,26-27H,2-5,11-12,17-22H2,1H3/t26-,27-/m1/s1. The van der Waals surface area contributed by atoms with E-state index in [0.717, 1.165) is 44.2 Å². The SMILES string of the molecule is CN1CCCCCCCCO[C@@H]2CN(C(=O)CCc3ccccc3)C[C@H]2Oc2ccccc2C1=O. The minimum absolute atomic E-state index is 0.0287. The predicted molar refractivity (Wildman–Crippen MR) is 137 cm³/mol. The van der Waals surface area contributed by atoms with E-state index in [-0.39, 0.29) is 24.0 Å². The summed E-state index contributed by atoms with van der Waals surface area (Å²) >= 11 is 0. The van der Waals surface area contributed by atoms with E-state index in [4.69, 9.17) is 9.47 Å². The number of carbonyl (C=O) groups excluding carboxylic acids is 2. The van der Waals surface area contributed by atoms with Crippen molar-refractivity contribution >= 4 is 11.8 Å². The molecule has 35 heavy (non-hydrogen) atoms. The molecule has 188 valence electrons. The first kappa shape index (κ1) is 25.2. The van der Waals surface area contributed by atoms with Crippen LogP contribution in [0.15, 0.2) is 54.6 Å². The fourth-order valence-electron chi connectivity index (χ4n) is 4.88. The maximum Gasteiger partial charge on any atom is 0.257 e. The molecule has 2 aromatic carbocycles. The topological polar surface area (TPSA) is 59.1 Å². The summed E-state index contributed by atoms with van der Waals surface area (Å²) in [5, 5.41) is 0. The summed E-state index contributed by atoms with van der Waals surface area (Å²) in [4.78, 5) is 29.9. The van der Waals surface area contributed by atoms with E-state index in [2.05, 4.69) is 12.1 Å². The van der Waals surface area contributed by atoms with Gasteiger partial charge in [0.1, 0.15) is 18.0 Å². The number of nitrogens with zero attached hydrogens (tertiary/aromatic N) is 2. The lowest BCUT2D eigenvalue weighted by molar-refractivity contribution is -0.130. The van der Waals surface area contributed by atoms with Crippen molar-refractivity contribution in [2.75, 3.05) is 33.3 Å². The summed E-state index contributed by atoms with van der Waals surface area (Å²) < 4.78 is 12.7. The summed E-state index contributed by atoms with van der Waals surface area (Å²) in [5.41, 5.74) is 1.73. The minimum Gasteiger partial charge on any atom is -0.485 e. The van der Waals surface area contributed by atoms with Crippen molar-refractivity contribution in [1.29, 1.82) is 0 Å². The zero-order valence-corrected chi connectivity index (χ0v) is 20.9. The molecule has 0 unspecified atom stereocenters. The molecule has 0 spiro atoms. The summed E-state index contributed by atoms with van der Waals surface area (Å²) in [6.07, 6.45) is 7.31. The van der Waals surface area contributed by atoms with E-state index in [9.17, 15) is 9.59 Å². The van der Waals surface area contributed by atoms with Gasteiger partial charge in [-0.1, -0.05) is 68.1 Å². The predicted octanol–water partition coefficient (Wildman–Crippen LogP) is 4.72.